The molecule has 1 aliphatic rings. The van der Waals surface area contributed by atoms with Gasteiger partial charge in [0.1, 0.15) is 6.04 Å². The summed E-state index contributed by atoms with van der Waals surface area (Å²) in [6, 6.07) is 25.1. The minimum Gasteiger partial charge on any atom is -0.352 e. The highest BCUT2D eigenvalue weighted by molar-refractivity contribution is 6.42. The minimum atomic E-state index is -0.578. The second-order valence-electron chi connectivity index (χ2n) is 10.1. The maximum Gasteiger partial charge on any atom is 0.243 e. The van der Waals surface area contributed by atoms with Crippen molar-refractivity contribution in [2.45, 2.75) is 76.4 Å². The summed E-state index contributed by atoms with van der Waals surface area (Å²) in [5.74, 6) is -0.275. The van der Waals surface area contributed by atoms with Gasteiger partial charge in [-0.1, -0.05) is 116 Å². The summed E-state index contributed by atoms with van der Waals surface area (Å²) in [5.41, 5.74) is 2.98. The van der Waals surface area contributed by atoms with Gasteiger partial charge >= 0.3 is 0 Å². The average molecular weight is 552 g/mol. The molecule has 38 heavy (non-hydrogen) atoms. The van der Waals surface area contributed by atoms with Gasteiger partial charge in [0.25, 0.3) is 0 Å². The molecular weight excluding hydrogens is 515 g/mol. The highest BCUT2D eigenvalue weighted by atomic mass is 35.5. The molecule has 2 amide bonds. The predicted molar refractivity (Wildman–Crippen MR) is 155 cm³/mol. The molecule has 0 bridgehead atoms. The molecule has 1 fully saturated rings. The number of nitrogens with one attached hydrogen (secondary N) is 1. The zero-order valence-electron chi connectivity index (χ0n) is 21.9. The van der Waals surface area contributed by atoms with Gasteiger partial charge in [0, 0.05) is 24.9 Å². The van der Waals surface area contributed by atoms with E-state index in [0.717, 1.165) is 42.4 Å². The Hall–Kier alpha value is -2.82. The normalized spacial score (nSPS) is 14.7. The van der Waals surface area contributed by atoms with Crippen LogP contribution in [-0.2, 0) is 16.1 Å². The Morgan fingerprint density at radius 3 is 2.03 bits per heavy atom. The van der Waals surface area contributed by atoms with Crippen LogP contribution >= 0.6 is 23.2 Å². The van der Waals surface area contributed by atoms with Gasteiger partial charge in [-0.3, -0.25) is 9.59 Å². The molecule has 3 aromatic carbocycles. The molecule has 1 aliphatic carbocycles. The fraction of sp³-hybridized carbons (Fsp3) is 0.375. The molecule has 200 valence electrons. The first-order valence-electron chi connectivity index (χ1n) is 13.6. The number of halogens is 2. The maximum absolute atomic E-state index is 14.1. The SMILES string of the molecule is CC[C@@H](C(=O)NC1CCCCC1)N(Cc1ccc(Cl)c(Cl)c1)C(=O)CC(c1ccccc1)c1ccccc1. The zero-order valence-corrected chi connectivity index (χ0v) is 23.4. The van der Waals surface area contributed by atoms with Crippen LogP contribution < -0.4 is 5.32 Å². The standard InChI is InChI=1S/C32H36Cl2N2O2/c1-2-30(32(38)35-26-16-10-5-11-17-26)36(22-23-18-19-28(33)29(34)20-23)31(37)21-27(24-12-6-3-7-13-24)25-14-8-4-9-15-25/h3-4,6-9,12-15,18-20,26-27,30H,2,5,10-11,16-17,21-22H2,1H3,(H,35,38)/t30-/m0/s1. The number of hydrogen-bond acceptors (Lipinski definition) is 2. The van der Waals surface area contributed by atoms with E-state index in [1.54, 1.807) is 17.0 Å². The first-order valence-corrected chi connectivity index (χ1v) is 14.4. The van der Waals surface area contributed by atoms with Crippen LogP contribution in [0, 0.1) is 0 Å². The molecule has 1 atom stereocenters. The Balaban J connectivity index is 1.63. The van der Waals surface area contributed by atoms with E-state index in [4.69, 9.17) is 23.2 Å². The van der Waals surface area contributed by atoms with Crippen molar-refractivity contribution in [3.63, 3.8) is 0 Å². The molecule has 0 aromatic heterocycles. The second-order valence-corrected chi connectivity index (χ2v) is 10.9. The Morgan fingerprint density at radius 2 is 1.47 bits per heavy atom. The highest BCUT2D eigenvalue weighted by Crippen LogP contribution is 2.30. The van der Waals surface area contributed by atoms with Crippen LogP contribution in [0.15, 0.2) is 78.9 Å². The van der Waals surface area contributed by atoms with E-state index in [0.29, 0.717) is 16.5 Å². The van der Waals surface area contributed by atoms with Gasteiger partial charge in [0.2, 0.25) is 11.8 Å². The third-order valence-electron chi connectivity index (χ3n) is 7.46. The lowest BCUT2D eigenvalue weighted by Crippen LogP contribution is -2.51. The third-order valence-corrected chi connectivity index (χ3v) is 8.20. The number of rotatable bonds is 10. The maximum atomic E-state index is 14.1. The Kier molecular flexibility index (Phi) is 10.3. The Labute approximate surface area is 236 Å². The van der Waals surface area contributed by atoms with Crippen molar-refractivity contribution in [3.8, 4) is 0 Å². The molecule has 0 heterocycles. The number of carbonyl (C=O) groups excluding carboxylic acids is 2. The molecule has 4 rings (SSSR count). The summed E-state index contributed by atoms with van der Waals surface area (Å²) in [4.78, 5) is 29.4. The largest absolute Gasteiger partial charge is 0.352 e. The van der Waals surface area contributed by atoms with E-state index >= 15 is 0 Å². The van der Waals surface area contributed by atoms with Crippen molar-refractivity contribution in [2.75, 3.05) is 0 Å². The van der Waals surface area contributed by atoms with E-state index in [9.17, 15) is 9.59 Å². The quantitative estimate of drug-likeness (QED) is 0.280. The van der Waals surface area contributed by atoms with E-state index in [1.807, 2.05) is 49.4 Å². The van der Waals surface area contributed by atoms with Gasteiger partial charge < -0.3 is 10.2 Å². The van der Waals surface area contributed by atoms with Gasteiger partial charge in [-0.25, -0.2) is 0 Å². The van der Waals surface area contributed by atoms with E-state index in [1.165, 1.54) is 6.42 Å². The number of amides is 2. The number of carbonyl (C=O) groups is 2. The van der Waals surface area contributed by atoms with Gasteiger partial charge in [0.05, 0.1) is 10.0 Å². The van der Waals surface area contributed by atoms with Crippen molar-refractivity contribution in [2.24, 2.45) is 0 Å². The molecule has 0 saturated heterocycles. The number of hydrogen-bond donors (Lipinski definition) is 1. The van der Waals surface area contributed by atoms with Crippen LogP contribution in [0.3, 0.4) is 0 Å². The van der Waals surface area contributed by atoms with Gasteiger partial charge in [-0.15, -0.1) is 0 Å². The fourth-order valence-corrected chi connectivity index (χ4v) is 5.71. The molecular formula is C32H36Cl2N2O2. The molecule has 0 radical (unpaired) electrons. The van der Waals surface area contributed by atoms with E-state index in [-0.39, 0.29) is 36.7 Å². The summed E-state index contributed by atoms with van der Waals surface area (Å²) in [7, 11) is 0. The molecule has 1 saturated carbocycles. The minimum absolute atomic E-state index is 0.0700. The van der Waals surface area contributed by atoms with Crippen LogP contribution in [0.5, 0.6) is 0 Å². The van der Waals surface area contributed by atoms with Gasteiger partial charge in [0.15, 0.2) is 0 Å². The average Bonchev–Trinajstić information content (AvgIpc) is 2.95. The molecule has 0 unspecified atom stereocenters. The molecule has 4 nitrogen and oxygen atoms in total. The molecule has 0 spiro atoms. The zero-order chi connectivity index (χ0) is 26.9. The fourth-order valence-electron chi connectivity index (χ4n) is 5.39. The van der Waals surface area contributed by atoms with Crippen LogP contribution in [0.1, 0.15) is 74.5 Å². The van der Waals surface area contributed by atoms with Crippen molar-refractivity contribution in [3.05, 3.63) is 106 Å². The van der Waals surface area contributed by atoms with Crippen LogP contribution in [0.4, 0.5) is 0 Å². The molecule has 3 aromatic rings. The third kappa shape index (κ3) is 7.39. The summed E-state index contributed by atoms with van der Waals surface area (Å²) >= 11 is 12.5. The van der Waals surface area contributed by atoms with Gasteiger partial charge in [-0.2, -0.15) is 0 Å². The molecule has 1 N–H and O–H groups in total. The lowest BCUT2D eigenvalue weighted by atomic mass is 9.88. The Bertz CT molecular complexity index is 1160. The van der Waals surface area contributed by atoms with E-state index < -0.39 is 6.04 Å². The first kappa shape index (κ1) is 28.2. The van der Waals surface area contributed by atoms with Crippen LogP contribution in [-0.4, -0.2) is 28.8 Å². The lowest BCUT2D eigenvalue weighted by molar-refractivity contribution is -0.142. The van der Waals surface area contributed by atoms with Crippen LogP contribution in [0.2, 0.25) is 10.0 Å². The summed E-state index contributed by atoms with van der Waals surface area (Å²) in [5, 5.41) is 4.14. The summed E-state index contributed by atoms with van der Waals surface area (Å²) in [6.07, 6.45) is 6.23. The number of benzene rings is 3. The molecule has 0 aliphatic heterocycles. The highest BCUT2D eigenvalue weighted by Gasteiger charge is 2.32. The molecule has 6 heteroatoms. The van der Waals surface area contributed by atoms with Crippen molar-refractivity contribution < 1.29 is 9.59 Å². The topological polar surface area (TPSA) is 49.4 Å². The summed E-state index contributed by atoms with van der Waals surface area (Å²) < 4.78 is 0. The predicted octanol–water partition coefficient (Wildman–Crippen LogP) is 7.77. The monoisotopic (exact) mass is 550 g/mol. The van der Waals surface area contributed by atoms with E-state index in [2.05, 4.69) is 29.6 Å². The van der Waals surface area contributed by atoms with Gasteiger partial charge in [-0.05, 0) is 48.1 Å². The summed E-state index contributed by atoms with van der Waals surface area (Å²) in [6.45, 7) is 2.24. The van der Waals surface area contributed by atoms with Crippen molar-refractivity contribution in [1.82, 2.24) is 10.2 Å². The second kappa shape index (κ2) is 13.8. The lowest BCUT2D eigenvalue weighted by Gasteiger charge is -2.34. The van der Waals surface area contributed by atoms with Crippen molar-refractivity contribution in [1.29, 1.82) is 0 Å². The smallest absolute Gasteiger partial charge is 0.243 e. The number of nitrogens with zero attached hydrogens (tertiary/aromatic N) is 1. The van der Waals surface area contributed by atoms with Crippen LogP contribution in [0.25, 0.3) is 0 Å². The Morgan fingerprint density at radius 1 is 0.868 bits per heavy atom. The first-order chi connectivity index (χ1) is 18.5. The van der Waals surface area contributed by atoms with Crippen molar-refractivity contribution >= 4 is 35.0 Å².